The fraction of sp³-hybridized carbons (Fsp3) is 0.500. The summed E-state index contributed by atoms with van der Waals surface area (Å²) in [5.74, 6) is 0.826. The normalized spacial score (nSPS) is 12.5. The van der Waals surface area contributed by atoms with Crippen LogP contribution in [0.1, 0.15) is 24.2 Å². The molecule has 0 saturated heterocycles. The molecule has 2 N–H and O–H groups in total. The number of likely N-dealkylation sites (N-methyl/N-ethyl adjacent to an activating group) is 1. The molecule has 15 heavy (non-hydrogen) atoms. The van der Waals surface area contributed by atoms with Crippen LogP contribution in [0.2, 0.25) is 0 Å². The molecule has 1 unspecified atom stereocenters. The minimum Gasteiger partial charge on any atom is -0.497 e. The number of aryl methyl sites for hydroxylation is 1. The molecule has 0 spiro atoms. The van der Waals surface area contributed by atoms with Gasteiger partial charge in [-0.15, -0.1) is 0 Å². The molecule has 1 aromatic carbocycles. The number of aliphatic hydroxyl groups is 1. The highest BCUT2D eigenvalue weighted by atomic mass is 16.5. The van der Waals surface area contributed by atoms with Gasteiger partial charge in [-0.2, -0.15) is 0 Å². The third-order valence-electron chi connectivity index (χ3n) is 2.42. The van der Waals surface area contributed by atoms with Crippen molar-refractivity contribution in [2.45, 2.75) is 20.0 Å². The van der Waals surface area contributed by atoms with Crippen LogP contribution < -0.4 is 10.1 Å². The molecule has 0 aliphatic rings. The van der Waals surface area contributed by atoms with Gasteiger partial charge in [0, 0.05) is 6.54 Å². The maximum Gasteiger partial charge on any atom is 0.119 e. The molecule has 1 aromatic rings. The molecule has 0 fully saturated rings. The Morgan fingerprint density at radius 2 is 2.20 bits per heavy atom. The van der Waals surface area contributed by atoms with Crippen LogP contribution >= 0.6 is 0 Å². The highest BCUT2D eigenvalue weighted by Gasteiger charge is 2.09. The van der Waals surface area contributed by atoms with E-state index in [4.69, 9.17) is 4.74 Å². The van der Waals surface area contributed by atoms with Crippen LogP contribution in [0.5, 0.6) is 5.75 Å². The van der Waals surface area contributed by atoms with Crippen LogP contribution in [-0.4, -0.2) is 25.3 Å². The molecule has 0 bridgehead atoms. The van der Waals surface area contributed by atoms with Gasteiger partial charge in [-0.25, -0.2) is 0 Å². The van der Waals surface area contributed by atoms with Crippen molar-refractivity contribution in [2.24, 2.45) is 0 Å². The molecule has 0 aromatic heterocycles. The molecule has 1 atom stereocenters. The number of methoxy groups -OCH3 is 1. The van der Waals surface area contributed by atoms with E-state index in [2.05, 4.69) is 5.32 Å². The number of rotatable bonds is 5. The average Bonchev–Trinajstić information content (AvgIpc) is 2.25. The van der Waals surface area contributed by atoms with Gasteiger partial charge in [0.25, 0.3) is 0 Å². The van der Waals surface area contributed by atoms with Crippen LogP contribution in [0.3, 0.4) is 0 Å². The molecule has 0 saturated carbocycles. The maximum atomic E-state index is 9.89. The van der Waals surface area contributed by atoms with Crippen molar-refractivity contribution in [3.63, 3.8) is 0 Å². The standard InChI is InChI=1S/C12H19NO2/c1-4-13-8-12(14)11-6-5-10(15-3)7-9(11)2/h5-7,12-14H,4,8H2,1-3H3. The van der Waals surface area contributed by atoms with Crippen molar-refractivity contribution in [3.05, 3.63) is 29.3 Å². The van der Waals surface area contributed by atoms with Crippen LogP contribution in [0.4, 0.5) is 0 Å². The van der Waals surface area contributed by atoms with E-state index in [0.717, 1.165) is 23.4 Å². The third-order valence-corrected chi connectivity index (χ3v) is 2.42. The first-order valence-electron chi connectivity index (χ1n) is 5.22. The lowest BCUT2D eigenvalue weighted by Gasteiger charge is -2.14. The van der Waals surface area contributed by atoms with Crippen LogP contribution in [0.15, 0.2) is 18.2 Å². The molecular weight excluding hydrogens is 190 g/mol. The summed E-state index contributed by atoms with van der Waals surface area (Å²) >= 11 is 0. The summed E-state index contributed by atoms with van der Waals surface area (Å²) in [4.78, 5) is 0. The van der Waals surface area contributed by atoms with Crippen LogP contribution in [0, 0.1) is 6.92 Å². The summed E-state index contributed by atoms with van der Waals surface area (Å²) in [7, 11) is 1.64. The first-order chi connectivity index (χ1) is 7.19. The molecule has 0 heterocycles. The number of benzene rings is 1. The Kier molecular flexibility index (Phi) is 4.59. The summed E-state index contributed by atoms with van der Waals surface area (Å²) in [5, 5.41) is 13.0. The zero-order valence-electron chi connectivity index (χ0n) is 9.58. The molecule has 1 rings (SSSR count). The summed E-state index contributed by atoms with van der Waals surface area (Å²) in [5.41, 5.74) is 2.01. The highest BCUT2D eigenvalue weighted by molar-refractivity contribution is 5.36. The Hall–Kier alpha value is -1.06. The number of aliphatic hydroxyl groups excluding tert-OH is 1. The van der Waals surface area contributed by atoms with E-state index in [0.29, 0.717) is 6.54 Å². The SMILES string of the molecule is CCNCC(O)c1ccc(OC)cc1C. The van der Waals surface area contributed by atoms with Crippen molar-refractivity contribution in [1.29, 1.82) is 0 Å². The third kappa shape index (κ3) is 3.22. The molecule has 84 valence electrons. The minimum absolute atomic E-state index is 0.448. The summed E-state index contributed by atoms with van der Waals surface area (Å²) in [6, 6.07) is 5.72. The van der Waals surface area contributed by atoms with Crippen molar-refractivity contribution in [1.82, 2.24) is 5.32 Å². The Labute approximate surface area is 91.1 Å². The average molecular weight is 209 g/mol. The van der Waals surface area contributed by atoms with E-state index < -0.39 is 6.10 Å². The lowest BCUT2D eigenvalue weighted by Crippen LogP contribution is -2.21. The van der Waals surface area contributed by atoms with Crippen molar-refractivity contribution in [3.8, 4) is 5.75 Å². The quantitative estimate of drug-likeness (QED) is 0.774. The molecule has 0 aliphatic heterocycles. The number of hydrogen-bond acceptors (Lipinski definition) is 3. The monoisotopic (exact) mass is 209 g/mol. The molecule has 3 nitrogen and oxygen atoms in total. The minimum atomic E-state index is -0.448. The van der Waals surface area contributed by atoms with Gasteiger partial charge in [0.15, 0.2) is 0 Å². The fourth-order valence-electron chi connectivity index (χ4n) is 1.54. The van der Waals surface area contributed by atoms with E-state index in [9.17, 15) is 5.11 Å². The maximum absolute atomic E-state index is 9.89. The smallest absolute Gasteiger partial charge is 0.119 e. The number of ether oxygens (including phenoxy) is 1. The Bertz CT molecular complexity index is 312. The second-order valence-corrected chi connectivity index (χ2v) is 3.55. The Morgan fingerprint density at radius 3 is 2.73 bits per heavy atom. The topological polar surface area (TPSA) is 41.5 Å². The second kappa shape index (κ2) is 5.73. The summed E-state index contributed by atoms with van der Waals surface area (Å²) in [6.07, 6.45) is -0.448. The van der Waals surface area contributed by atoms with Gasteiger partial charge in [0.2, 0.25) is 0 Å². The van der Waals surface area contributed by atoms with E-state index >= 15 is 0 Å². The predicted molar refractivity (Wildman–Crippen MR) is 61.2 cm³/mol. The lowest BCUT2D eigenvalue weighted by atomic mass is 10.0. The first kappa shape index (κ1) is 12.0. The molecule has 0 radical (unpaired) electrons. The van der Waals surface area contributed by atoms with Gasteiger partial charge in [0.05, 0.1) is 13.2 Å². The van der Waals surface area contributed by atoms with Gasteiger partial charge in [-0.3, -0.25) is 0 Å². The van der Waals surface area contributed by atoms with E-state index in [-0.39, 0.29) is 0 Å². The van der Waals surface area contributed by atoms with Crippen molar-refractivity contribution < 1.29 is 9.84 Å². The van der Waals surface area contributed by atoms with Gasteiger partial charge in [0.1, 0.15) is 5.75 Å². The van der Waals surface area contributed by atoms with Gasteiger partial charge in [-0.05, 0) is 36.7 Å². The zero-order valence-corrected chi connectivity index (χ0v) is 9.58. The van der Waals surface area contributed by atoms with Gasteiger partial charge < -0.3 is 15.2 Å². The summed E-state index contributed by atoms with van der Waals surface area (Å²) in [6.45, 7) is 5.45. The molecular formula is C12H19NO2. The lowest BCUT2D eigenvalue weighted by molar-refractivity contribution is 0.175. The Morgan fingerprint density at radius 1 is 1.47 bits per heavy atom. The predicted octanol–water partition coefficient (Wildman–Crippen LogP) is 1.65. The van der Waals surface area contributed by atoms with Crippen molar-refractivity contribution in [2.75, 3.05) is 20.2 Å². The molecule has 3 heteroatoms. The molecule has 0 aliphatic carbocycles. The fourth-order valence-corrected chi connectivity index (χ4v) is 1.54. The highest BCUT2D eigenvalue weighted by Crippen LogP contribution is 2.21. The Balaban J connectivity index is 2.76. The van der Waals surface area contributed by atoms with E-state index in [1.165, 1.54) is 0 Å². The van der Waals surface area contributed by atoms with E-state index in [1.807, 2.05) is 32.0 Å². The van der Waals surface area contributed by atoms with Gasteiger partial charge in [-0.1, -0.05) is 13.0 Å². The number of hydrogen-bond donors (Lipinski definition) is 2. The van der Waals surface area contributed by atoms with Crippen LogP contribution in [0.25, 0.3) is 0 Å². The first-order valence-corrected chi connectivity index (χ1v) is 5.22. The van der Waals surface area contributed by atoms with Gasteiger partial charge >= 0.3 is 0 Å². The molecule has 0 amide bonds. The second-order valence-electron chi connectivity index (χ2n) is 3.55. The van der Waals surface area contributed by atoms with Crippen LogP contribution in [-0.2, 0) is 0 Å². The zero-order chi connectivity index (χ0) is 11.3. The van der Waals surface area contributed by atoms with Crippen molar-refractivity contribution >= 4 is 0 Å². The largest absolute Gasteiger partial charge is 0.497 e. The summed E-state index contributed by atoms with van der Waals surface area (Å²) < 4.78 is 5.11. The number of nitrogens with one attached hydrogen (secondary N) is 1. The van der Waals surface area contributed by atoms with E-state index in [1.54, 1.807) is 7.11 Å².